The molecule has 2 rings (SSSR count). The maximum Gasteiger partial charge on any atom is 0.311 e. The summed E-state index contributed by atoms with van der Waals surface area (Å²) in [5.74, 6) is -0.951. The Bertz CT molecular complexity index is 532. The molecule has 1 fully saturated rings. The third-order valence-electron chi connectivity index (χ3n) is 3.89. The number of hydrogen-bond acceptors (Lipinski definition) is 2. The summed E-state index contributed by atoms with van der Waals surface area (Å²) < 4.78 is 0. The molecule has 1 aromatic carbocycles. The van der Waals surface area contributed by atoms with Crippen LogP contribution >= 0.6 is 11.6 Å². The molecule has 1 atom stereocenters. The van der Waals surface area contributed by atoms with Crippen molar-refractivity contribution in [1.29, 1.82) is 0 Å². The van der Waals surface area contributed by atoms with Gasteiger partial charge >= 0.3 is 5.97 Å². The molecule has 0 aromatic heterocycles. The highest BCUT2D eigenvalue weighted by atomic mass is 35.5. The van der Waals surface area contributed by atoms with Crippen molar-refractivity contribution in [3.8, 4) is 0 Å². The van der Waals surface area contributed by atoms with Crippen molar-refractivity contribution in [1.82, 2.24) is 4.90 Å². The summed E-state index contributed by atoms with van der Waals surface area (Å²) >= 11 is 5.89. The number of carbonyl (C=O) groups excluding carboxylic acids is 1. The highest BCUT2D eigenvalue weighted by molar-refractivity contribution is 6.30. The van der Waals surface area contributed by atoms with E-state index in [-0.39, 0.29) is 12.5 Å². The Morgan fingerprint density at radius 2 is 2.20 bits per heavy atom. The third kappa shape index (κ3) is 2.80. The summed E-state index contributed by atoms with van der Waals surface area (Å²) in [7, 11) is 0. The molecule has 1 N–H and O–H groups in total. The number of hydrogen-bond donors (Lipinski definition) is 1. The third-order valence-corrected chi connectivity index (χ3v) is 4.13. The van der Waals surface area contributed by atoms with Gasteiger partial charge in [0.05, 0.1) is 5.41 Å². The van der Waals surface area contributed by atoms with Crippen molar-refractivity contribution in [2.75, 3.05) is 13.1 Å². The smallest absolute Gasteiger partial charge is 0.311 e. The molecule has 108 valence electrons. The molecule has 1 aromatic rings. The molecular formula is C15H18ClNO3. The molecule has 0 aliphatic carbocycles. The standard InChI is InChI=1S/C15H18ClNO3/c1-2-6-15(14(19)20)7-8-17(10-15)13(18)11-4-3-5-12(16)9-11/h3-5,9H,2,6-8,10H2,1H3,(H,19,20). The monoisotopic (exact) mass is 295 g/mol. The first kappa shape index (κ1) is 14.9. The van der Waals surface area contributed by atoms with Gasteiger partial charge in [-0.05, 0) is 31.0 Å². The van der Waals surface area contributed by atoms with Crippen molar-refractivity contribution in [3.05, 3.63) is 34.9 Å². The fourth-order valence-electron chi connectivity index (χ4n) is 2.81. The number of carboxylic acid groups (broad SMARTS) is 1. The lowest BCUT2D eigenvalue weighted by atomic mass is 9.83. The van der Waals surface area contributed by atoms with Crippen LogP contribution in [-0.4, -0.2) is 35.0 Å². The summed E-state index contributed by atoms with van der Waals surface area (Å²) in [5.41, 5.74) is -0.279. The van der Waals surface area contributed by atoms with Crippen molar-refractivity contribution >= 4 is 23.5 Å². The van der Waals surface area contributed by atoms with Crippen LogP contribution in [0.5, 0.6) is 0 Å². The number of rotatable bonds is 4. The van der Waals surface area contributed by atoms with Crippen LogP contribution in [-0.2, 0) is 4.79 Å². The van der Waals surface area contributed by atoms with Crippen LogP contribution < -0.4 is 0 Å². The molecule has 1 amide bonds. The molecule has 1 heterocycles. The van der Waals surface area contributed by atoms with E-state index in [1.807, 2.05) is 6.92 Å². The van der Waals surface area contributed by atoms with Gasteiger partial charge < -0.3 is 10.0 Å². The molecule has 0 bridgehead atoms. The lowest BCUT2D eigenvalue weighted by Crippen LogP contribution is -2.36. The molecule has 5 heteroatoms. The Balaban J connectivity index is 2.16. The summed E-state index contributed by atoms with van der Waals surface area (Å²) in [5, 5.41) is 9.96. The second kappa shape index (κ2) is 5.83. The number of halogens is 1. The fourth-order valence-corrected chi connectivity index (χ4v) is 3.00. The van der Waals surface area contributed by atoms with E-state index in [9.17, 15) is 14.7 Å². The quantitative estimate of drug-likeness (QED) is 0.929. The Hall–Kier alpha value is -1.55. The number of amides is 1. The predicted octanol–water partition coefficient (Wildman–Crippen LogP) is 3.06. The number of aliphatic carboxylic acids is 1. The zero-order chi connectivity index (χ0) is 14.8. The van der Waals surface area contributed by atoms with E-state index in [2.05, 4.69) is 0 Å². The topological polar surface area (TPSA) is 57.6 Å². The van der Waals surface area contributed by atoms with Crippen molar-refractivity contribution in [2.24, 2.45) is 5.41 Å². The van der Waals surface area contributed by atoms with Gasteiger partial charge in [0.15, 0.2) is 0 Å². The Labute approximate surface area is 123 Å². The largest absolute Gasteiger partial charge is 0.481 e. The molecule has 4 nitrogen and oxygen atoms in total. The number of carboxylic acids is 1. The highest BCUT2D eigenvalue weighted by Gasteiger charge is 2.45. The molecule has 0 radical (unpaired) electrons. The van der Waals surface area contributed by atoms with Gasteiger partial charge in [-0.1, -0.05) is 31.0 Å². The van der Waals surface area contributed by atoms with E-state index in [0.29, 0.717) is 30.0 Å². The van der Waals surface area contributed by atoms with E-state index >= 15 is 0 Å². The zero-order valence-corrected chi connectivity index (χ0v) is 12.2. The second-order valence-corrected chi connectivity index (χ2v) is 5.76. The molecule has 1 aliphatic heterocycles. The minimum Gasteiger partial charge on any atom is -0.481 e. The van der Waals surface area contributed by atoms with Gasteiger partial charge in [0.2, 0.25) is 0 Å². The first-order chi connectivity index (χ1) is 9.48. The van der Waals surface area contributed by atoms with E-state index in [1.54, 1.807) is 29.2 Å². The van der Waals surface area contributed by atoms with E-state index in [0.717, 1.165) is 6.42 Å². The maximum absolute atomic E-state index is 12.4. The molecule has 0 saturated carbocycles. The molecular weight excluding hydrogens is 278 g/mol. The number of nitrogens with zero attached hydrogens (tertiary/aromatic N) is 1. The molecule has 1 unspecified atom stereocenters. The minimum atomic E-state index is -0.805. The SMILES string of the molecule is CCCC1(C(=O)O)CCN(C(=O)c2cccc(Cl)c2)C1. The maximum atomic E-state index is 12.4. The van der Waals surface area contributed by atoms with Crippen LogP contribution in [0.2, 0.25) is 5.02 Å². The van der Waals surface area contributed by atoms with Crippen LogP contribution in [0.25, 0.3) is 0 Å². The average molecular weight is 296 g/mol. The first-order valence-corrected chi connectivity index (χ1v) is 7.14. The van der Waals surface area contributed by atoms with Crippen LogP contribution in [0.4, 0.5) is 0 Å². The summed E-state index contributed by atoms with van der Waals surface area (Å²) in [6.07, 6.45) is 1.91. The van der Waals surface area contributed by atoms with Gasteiger partial charge in [0, 0.05) is 23.7 Å². The van der Waals surface area contributed by atoms with Gasteiger partial charge in [0.25, 0.3) is 5.91 Å². The van der Waals surface area contributed by atoms with Crippen molar-refractivity contribution < 1.29 is 14.7 Å². The van der Waals surface area contributed by atoms with E-state index in [4.69, 9.17) is 11.6 Å². The fraction of sp³-hybridized carbons (Fsp3) is 0.467. The molecule has 1 aliphatic rings. The summed E-state index contributed by atoms with van der Waals surface area (Å²) in [6.45, 7) is 2.73. The minimum absolute atomic E-state index is 0.147. The molecule has 20 heavy (non-hydrogen) atoms. The number of likely N-dealkylation sites (tertiary alicyclic amines) is 1. The molecule has 0 spiro atoms. The second-order valence-electron chi connectivity index (χ2n) is 5.32. The number of benzene rings is 1. The van der Waals surface area contributed by atoms with Gasteiger partial charge in [-0.3, -0.25) is 9.59 Å². The van der Waals surface area contributed by atoms with Gasteiger partial charge in [-0.2, -0.15) is 0 Å². The van der Waals surface area contributed by atoms with E-state index < -0.39 is 11.4 Å². The van der Waals surface area contributed by atoms with Crippen LogP contribution in [0.1, 0.15) is 36.5 Å². The van der Waals surface area contributed by atoms with E-state index in [1.165, 1.54) is 0 Å². The van der Waals surface area contributed by atoms with Gasteiger partial charge in [-0.25, -0.2) is 0 Å². The average Bonchev–Trinajstić information content (AvgIpc) is 2.84. The first-order valence-electron chi connectivity index (χ1n) is 6.77. The van der Waals surface area contributed by atoms with Crippen LogP contribution in [0, 0.1) is 5.41 Å². The number of carbonyl (C=O) groups is 2. The van der Waals surface area contributed by atoms with Crippen LogP contribution in [0.3, 0.4) is 0 Å². The van der Waals surface area contributed by atoms with Gasteiger partial charge in [-0.15, -0.1) is 0 Å². The molecule has 1 saturated heterocycles. The Morgan fingerprint density at radius 1 is 1.45 bits per heavy atom. The zero-order valence-electron chi connectivity index (χ0n) is 11.4. The Kier molecular flexibility index (Phi) is 4.33. The lowest BCUT2D eigenvalue weighted by molar-refractivity contribution is -0.148. The normalized spacial score (nSPS) is 22.0. The predicted molar refractivity (Wildman–Crippen MR) is 76.9 cm³/mol. The highest BCUT2D eigenvalue weighted by Crippen LogP contribution is 2.36. The van der Waals surface area contributed by atoms with Crippen molar-refractivity contribution in [3.63, 3.8) is 0 Å². The summed E-state index contributed by atoms with van der Waals surface area (Å²) in [6, 6.07) is 6.75. The van der Waals surface area contributed by atoms with Gasteiger partial charge in [0.1, 0.15) is 0 Å². The lowest BCUT2D eigenvalue weighted by Gasteiger charge is -2.24. The Morgan fingerprint density at radius 3 is 2.80 bits per heavy atom. The van der Waals surface area contributed by atoms with Crippen LogP contribution in [0.15, 0.2) is 24.3 Å². The van der Waals surface area contributed by atoms with Crippen molar-refractivity contribution in [2.45, 2.75) is 26.2 Å². The summed E-state index contributed by atoms with van der Waals surface area (Å²) in [4.78, 5) is 25.5.